The van der Waals surface area contributed by atoms with Gasteiger partial charge in [0, 0.05) is 21.8 Å². The first-order valence-electron chi connectivity index (χ1n) is 15.2. The Kier molecular flexibility index (Phi) is 4.75. The summed E-state index contributed by atoms with van der Waals surface area (Å²) in [6, 6.07) is 57.7. The van der Waals surface area contributed by atoms with Gasteiger partial charge in [0.25, 0.3) is 0 Å². The minimum atomic E-state index is 1.16. The van der Waals surface area contributed by atoms with Crippen LogP contribution in [0.25, 0.3) is 87.5 Å². The van der Waals surface area contributed by atoms with Crippen molar-refractivity contribution >= 4 is 70.7 Å². The molecule has 3 aromatic heterocycles. The van der Waals surface area contributed by atoms with Crippen LogP contribution in [0.3, 0.4) is 0 Å². The van der Waals surface area contributed by atoms with Crippen molar-refractivity contribution in [2.75, 3.05) is 0 Å². The summed E-state index contributed by atoms with van der Waals surface area (Å²) in [6.45, 7) is 0. The zero-order valence-corrected chi connectivity index (χ0v) is 23.9. The fraction of sp³-hybridized carbons (Fsp3) is 0. The summed E-state index contributed by atoms with van der Waals surface area (Å²) in [5.74, 6) is 0. The van der Waals surface area contributed by atoms with Gasteiger partial charge in [-0.1, -0.05) is 127 Å². The molecule has 3 heterocycles. The van der Waals surface area contributed by atoms with Gasteiger partial charge in [0.05, 0.1) is 27.6 Å². The average Bonchev–Trinajstić information content (AvgIpc) is 3.60. The molecule has 10 aromatic rings. The zero-order chi connectivity index (χ0) is 28.8. The van der Waals surface area contributed by atoms with Gasteiger partial charge >= 0.3 is 0 Å². The van der Waals surface area contributed by atoms with Crippen LogP contribution in [0.1, 0.15) is 0 Å². The van der Waals surface area contributed by atoms with E-state index in [4.69, 9.17) is 0 Å². The number of fused-ring (bicyclic) bond motifs is 10. The van der Waals surface area contributed by atoms with Gasteiger partial charge in [0.15, 0.2) is 0 Å². The van der Waals surface area contributed by atoms with Crippen molar-refractivity contribution in [2.45, 2.75) is 0 Å². The van der Waals surface area contributed by atoms with Crippen LogP contribution < -0.4 is 0 Å². The van der Waals surface area contributed by atoms with Crippen molar-refractivity contribution in [3.8, 4) is 16.8 Å². The Balaban J connectivity index is 1.50. The van der Waals surface area contributed by atoms with E-state index in [-0.39, 0.29) is 0 Å². The monoisotopic (exact) mass is 558 g/mol. The molecule has 204 valence electrons. The molecule has 44 heavy (non-hydrogen) atoms. The number of hydrogen-bond donors (Lipinski definition) is 0. The molecule has 10 rings (SSSR count). The third-order valence-corrected chi connectivity index (χ3v) is 9.46. The summed E-state index contributed by atoms with van der Waals surface area (Å²) in [6.07, 6.45) is 0. The van der Waals surface area contributed by atoms with Gasteiger partial charge in [0.2, 0.25) is 0 Å². The first-order valence-corrected chi connectivity index (χ1v) is 15.2. The SMILES string of the molecule is c1ccc(-c2ccc(-n3c4cccc5c6ccccc6c6ccccc6n6c7ccc8ccccc8c7c3c6c54)cc2)cc1. The average molecular weight is 559 g/mol. The number of hydrogen-bond acceptors (Lipinski definition) is 0. The highest BCUT2D eigenvalue weighted by Crippen LogP contribution is 2.45. The highest BCUT2D eigenvalue weighted by Gasteiger charge is 2.24. The van der Waals surface area contributed by atoms with Crippen LogP contribution in [0.15, 0.2) is 158 Å². The van der Waals surface area contributed by atoms with E-state index in [0.717, 1.165) is 5.69 Å². The summed E-state index contributed by atoms with van der Waals surface area (Å²) in [7, 11) is 0. The van der Waals surface area contributed by atoms with Gasteiger partial charge in [-0.3, -0.25) is 0 Å². The molecule has 0 saturated heterocycles. The smallest absolute Gasteiger partial charge is 0.0810 e. The quantitative estimate of drug-likeness (QED) is 0.200. The van der Waals surface area contributed by atoms with E-state index >= 15 is 0 Å². The Morgan fingerprint density at radius 2 is 0.909 bits per heavy atom. The predicted octanol–water partition coefficient (Wildman–Crippen LogP) is 11.3. The van der Waals surface area contributed by atoms with Crippen molar-refractivity contribution in [3.05, 3.63) is 158 Å². The number of benzene rings is 7. The minimum absolute atomic E-state index is 1.16. The fourth-order valence-corrected chi connectivity index (χ4v) is 7.61. The molecule has 0 fully saturated rings. The maximum absolute atomic E-state index is 2.53. The predicted molar refractivity (Wildman–Crippen MR) is 187 cm³/mol. The fourth-order valence-electron chi connectivity index (χ4n) is 7.61. The molecular weight excluding hydrogens is 532 g/mol. The third-order valence-electron chi connectivity index (χ3n) is 9.46. The lowest BCUT2D eigenvalue weighted by molar-refractivity contribution is 1.19. The summed E-state index contributed by atoms with van der Waals surface area (Å²) >= 11 is 0. The maximum Gasteiger partial charge on any atom is 0.0810 e. The van der Waals surface area contributed by atoms with Crippen LogP contribution in [-0.4, -0.2) is 8.97 Å². The Labute approximate surface area is 253 Å². The van der Waals surface area contributed by atoms with E-state index < -0.39 is 0 Å². The van der Waals surface area contributed by atoms with Gasteiger partial charge in [-0.05, 0) is 68.4 Å². The maximum atomic E-state index is 2.53. The van der Waals surface area contributed by atoms with Crippen LogP contribution in [-0.2, 0) is 0 Å². The molecule has 0 amide bonds. The van der Waals surface area contributed by atoms with Crippen LogP contribution in [0.5, 0.6) is 0 Å². The summed E-state index contributed by atoms with van der Waals surface area (Å²) in [5, 5.41) is 10.1. The van der Waals surface area contributed by atoms with E-state index in [2.05, 4.69) is 167 Å². The third kappa shape index (κ3) is 3.09. The Morgan fingerprint density at radius 3 is 1.73 bits per heavy atom. The van der Waals surface area contributed by atoms with Crippen molar-refractivity contribution in [1.82, 2.24) is 8.97 Å². The molecule has 2 heteroatoms. The van der Waals surface area contributed by atoms with E-state index in [1.165, 1.54) is 81.8 Å². The molecule has 0 spiro atoms. The van der Waals surface area contributed by atoms with Gasteiger partial charge < -0.3 is 8.97 Å². The molecule has 0 aliphatic heterocycles. The first kappa shape index (κ1) is 23.7. The molecule has 0 N–H and O–H groups in total. The minimum Gasteiger partial charge on any atom is -0.307 e. The molecule has 0 radical (unpaired) electrons. The van der Waals surface area contributed by atoms with Crippen molar-refractivity contribution < 1.29 is 0 Å². The number of aromatic nitrogens is 2. The van der Waals surface area contributed by atoms with Crippen LogP contribution in [0.2, 0.25) is 0 Å². The van der Waals surface area contributed by atoms with Gasteiger partial charge in [-0.2, -0.15) is 0 Å². The number of para-hydroxylation sites is 1. The van der Waals surface area contributed by atoms with Crippen molar-refractivity contribution in [1.29, 1.82) is 0 Å². The van der Waals surface area contributed by atoms with Crippen LogP contribution >= 0.6 is 0 Å². The van der Waals surface area contributed by atoms with Gasteiger partial charge in [-0.15, -0.1) is 0 Å². The highest BCUT2D eigenvalue weighted by atomic mass is 15.0. The lowest BCUT2D eigenvalue weighted by Crippen LogP contribution is -1.94. The zero-order valence-electron chi connectivity index (χ0n) is 23.9. The second-order valence-corrected chi connectivity index (χ2v) is 11.7. The first-order chi connectivity index (χ1) is 21.9. The molecule has 0 aliphatic rings. The van der Waals surface area contributed by atoms with Crippen molar-refractivity contribution in [2.24, 2.45) is 0 Å². The summed E-state index contributed by atoms with van der Waals surface area (Å²) in [5.41, 5.74) is 9.78. The Hall–Kier alpha value is -5.86. The van der Waals surface area contributed by atoms with E-state index in [1.807, 2.05) is 0 Å². The molecule has 7 aromatic carbocycles. The molecular formula is C42H26N2. The second kappa shape index (κ2) is 8.82. The molecule has 2 nitrogen and oxygen atoms in total. The largest absolute Gasteiger partial charge is 0.307 e. The molecule has 0 unspecified atom stereocenters. The van der Waals surface area contributed by atoms with Gasteiger partial charge in [-0.25, -0.2) is 0 Å². The van der Waals surface area contributed by atoms with Crippen molar-refractivity contribution in [3.63, 3.8) is 0 Å². The Bertz CT molecular complexity index is 2740. The molecule has 0 aliphatic carbocycles. The molecule has 0 bridgehead atoms. The lowest BCUT2D eigenvalue weighted by Gasteiger charge is -2.12. The van der Waals surface area contributed by atoms with E-state index in [1.54, 1.807) is 0 Å². The number of nitrogens with zero attached hydrogens (tertiary/aromatic N) is 2. The number of rotatable bonds is 2. The van der Waals surface area contributed by atoms with Crippen LogP contribution in [0.4, 0.5) is 0 Å². The molecule has 0 saturated carbocycles. The highest BCUT2D eigenvalue weighted by molar-refractivity contribution is 6.32. The second-order valence-electron chi connectivity index (χ2n) is 11.7. The summed E-state index contributed by atoms with van der Waals surface area (Å²) in [4.78, 5) is 0. The summed E-state index contributed by atoms with van der Waals surface area (Å²) < 4.78 is 5.04. The standard InChI is InChI=1S/C42H26N2/c1-2-11-27(12-3-1)28-21-24-30(25-22-28)43-37-20-10-18-35-33-16-7-6-15-32(33)34-17-8-9-19-36(34)44-38-26-23-29-13-4-5-14-31(29)39(38)41(43)42(44)40(35)37/h1-26H. The lowest BCUT2D eigenvalue weighted by atomic mass is 10.0. The van der Waals surface area contributed by atoms with Crippen LogP contribution in [0, 0.1) is 0 Å². The topological polar surface area (TPSA) is 9.34 Å². The van der Waals surface area contributed by atoms with Gasteiger partial charge in [0.1, 0.15) is 0 Å². The Morgan fingerprint density at radius 1 is 0.318 bits per heavy atom. The normalized spacial score (nSPS) is 12.1. The molecule has 0 atom stereocenters. The van der Waals surface area contributed by atoms with E-state index in [9.17, 15) is 0 Å². The van der Waals surface area contributed by atoms with E-state index in [0.29, 0.717) is 0 Å².